The van der Waals surface area contributed by atoms with Gasteiger partial charge in [0, 0.05) is 42.7 Å². The molecule has 0 fully saturated rings. The van der Waals surface area contributed by atoms with E-state index in [-0.39, 0.29) is 5.91 Å². The molecular weight excluding hydrogens is 348 g/mol. The van der Waals surface area contributed by atoms with Gasteiger partial charge in [-0.1, -0.05) is 42.5 Å². The maximum absolute atomic E-state index is 11.1. The van der Waals surface area contributed by atoms with Crippen LogP contribution in [0, 0.1) is 0 Å². The van der Waals surface area contributed by atoms with Crippen molar-refractivity contribution in [2.45, 2.75) is 38.8 Å². The van der Waals surface area contributed by atoms with Gasteiger partial charge in [0.15, 0.2) is 5.82 Å². The van der Waals surface area contributed by atoms with E-state index in [2.05, 4.69) is 15.6 Å². The third-order valence-corrected chi connectivity index (χ3v) is 5.05. The Morgan fingerprint density at radius 2 is 1.89 bits per heavy atom. The minimum Gasteiger partial charge on any atom is -0.326 e. The number of fused-ring (bicyclic) bond motifs is 1. The van der Waals surface area contributed by atoms with Crippen molar-refractivity contribution >= 4 is 11.6 Å². The molecule has 0 saturated carbocycles. The Labute approximate surface area is 165 Å². The fourth-order valence-corrected chi connectivity index (χ4v) is 3.58. The van der Waals surface area contributed by atoms with Crippen molar-refractivity contribution in [2.75, 3.05) is 5.32 Å². The third-order valence-electron chi connectivity index (χ3n) is 5.05. The summed E-state index contributed by atoms with van der Waals surface area (Å²) in [6.07, 6.45) is 4.98. The third kappa shape index (κ3) is 4.43. The molecule has 28 heavy (non-hydrogen) atoms. The first kappa shape index (κ1) is 18.3. The SMILES string of the molecule is CC(=O)Nc1ccc(CNC2CCc3nc(-c4ccccc4)ncc3C2)cc1. The molecule has 4 rings (SSSR count). The molecule has 1 atom stereocenters. The van der Waals surface area contributed by atoms with Crippen LogP contribution in [0.2, 0.25) is 0 Å². The molecule has 2 N–H and O–H groups in total. The van der Waals surface area contributed by atoms with Crippen molar-refractivity contribution in [3.63, 3.8) is 0 Å². The summed E-state index contributed by atoms with van der Waals surface area (Å²) in [5.74, 6) is 0.759. The lowest BCUT2D eigenvalue weighted by molar-refractivity contribution is -0.114. The average molecular weight is 372 g/mol. The molecule has 1 aliphatic rings. The summed E-state index contributed by atoms with van der Waals surface area (Å²) >= 11 is 0. The highest BCUT2D eigenvalue weighted by Crippen LogP contribution is 2.23. The summed E-state index contributed by atoms with van der Waals surface area (Å²) in [5, 5.41) is 6.43. The van der Waals surface area contributed by atoms with Gasteiger partial charge in [0.05, 0.1) is 0 Å². The number of anilines is 1. The Bertz CT molecular complexity index is 954. The molecule has 2 aromatic carbocycles. The van der Waals surface area contributed by atoms with E-state index in [1.54, 1.807) is 0 Å². The number of benzene rings is 2. The highest BCUT2D eigenvalue weighted by atomic mass is 16.1. The first-order chi connectivity index (χ1) is 13.7. The van der Waals surface area contributed by atoms with Crippen molar-refractivity contribution in [3.05, 3.63) is 77.6 Å². The summed E-state index contributed by atoms with van der Waals surface area (Å²) in [5.41, 5.74) is 5.51. The Hall–Kier alpha value is -3.05. The first-order valence-electron chi connectivity index (χ1n) is 9.67. The molecule has 1 aliphatic carbocycles. The summed E-state index contributed by atoms with van der Waals surface area (Å²) in [7, 11) is 0. The molecule has 142 valence electrons. The summed E-state index contributed by atoms with van der Waals surface area (Å²) in [4.78, 5) is 20.5. The first-order valence-corrected chi connectivity index (χ1v) is 9.67. The zero-order valence-electron chi connectivity index (χ0n) is 16.0. The predicted molar refractivity (Wildman–Crippen MR) is 111 cm³/mol. The molecule has 0 bridgehead atoms. The average Bonchev–Trinajstić information content (AvgIpc) is 2.73. The number of nitrogens with zero attached hydrogens (tertiary/aromatic N) is 2. The summed E-state index contributed by atoms with van der Waals surface area (Å²) in [6.45, 7) is 2.33. The van der Waals surface area contributed by atoms with Crippen LogP contribution in [0.5, 0.6) is 0 Å². The Morgan fingerprint density at radius 3 is 2.64 bits per heavy atom. The number of aromatic nitrogens is 2. The number of hydrogen-bond acceptors (Lipinski definition) is 4. The van der Waals surface area contributed by atoms with Crippen LogP contribution in [-0.2, 0) is 24.2 Å². The largest absolute Gasteiger partial charge is 0.326 e. The number of carbonyl (C=O) groups excluding carboxylic acids is 1. The molecule has 1 aromatic heterocycles. The fourth-order valence-electron chi connectivity index (χ4n) is 3.58. The van der Waals surface area contributed by atoms with Gasteiger partial charge in [0.2, 0.25) is 5.91 Å². The zero-order valence-corrected chi connectivity index (χ0v) is 16.0. The molecule has 0 radical (unpaired) electrons. The zero-order chi connectivity index (χ0) is 19.3. The van der Waals surface area contributed by atoms with Crippen LogP contribution in [0.1, 0.15) is 30.2 Å². The van der Waals surface area contributed by atoms with Crippen LogP contribution in [0.3, 0.4) is 0 Å². The molecule has 5 nitrogen and oxygen atoms in total. The molecule has 5 heteroatoms. The van der Waals surface area contributed by atoms with E-state index in [0.29, 0.717) is 6.04 Å². The molecule has 0 spiro atoms. The van der Waals surface area contributed by atoms with E-state index in [0.717, 1.165) is 42.9 Å². The minimum atomic E-state index is -0.0515. The van der Waals surface area contributed by atoms with E-state index < -0.39 is 0 Å². The van der Waals surface area contributed by atoms with Crippen molar-refractivity contribution in [3.8, 4) is 11.4 Å². The van der Waals surface area contributed by atoms with Gasteiger partial charge in [-0.05, 0) is 42.5 Å². The molecule has 3 aromatic rings. The van der Waals surface area contributed by atoms with Gasteiger partial charge in [0.1, 0.15) is 0 Å². The van der Waals surface area contributed by atoms with Gasteiger partial charge >= 0.3 is 0 Å². The number of hydrogen-bond donors (Lipinski definition) is 2. The van der Waals surface area contributed by atoms with Crippen molar-refractivity contribution in [1.82, 2.24) is 15.3 Å². The van der Waals surface area contributed by atoms with E-state index in [1.807, 2.05) is 60.8 Å². The standard InChI is InChI=1S/C23H24N4O/c1-16(28)26-20-9-7-17(8-10-20)14-24-21-11-12-22-19(13-21)15-25-23(27-22)18-5-3-2-4-6-18/h2-10,15,21,24H,11-14H2,1H3,(H,26,28). The number of aryl methyl sites for hydroxylation is 1. The molecule has 1 unspecified atom stereocenters. The lowest BCUT2D eigenvalue weighted by Crippen LogP contribution is -2.34. The Kier molecular flexibility index (Phi) is 5.44. The monoisotopic (exact) mass is 372 g/mol. The van der Waals surface area contributed by atoms with Crippen LogP contribution in [0.25, 0.3) is 11.4 Å². The summed E-state index contributed by atoms with van der Waals surface area (Å²) in [6, 6.07) is 18.5. The quantitative estimate of drug-likeness (QED) is 0.716. The van der Waals surface area contributed by atoms with Crippen LogP contribution in [0.4, 0.5) is 5.69 Å². The highest BCUT2D eigenvalue weighted by Gasteiger charge is 2.20. The van der Waals surface area contributed by atoms with Gasteiger partial charge in [0.25, 0.3) is 0 Å². The van der Waals surface area contributed by atoms with Gasteiger partial charge in [-0.3, -0.25) is 4.79 Å². The van der Waals surface area contributed by atoms with Gasteiger partial charge < -0.3 is 10.6 Å². The van der Waals surface area contributed by atoms with E-state index in [4.69, 9.17) is 4.98 Å². The second-order valence-electron chi connectivity index (χ2n) is 7.23. The van der Waals surface area contributed by atoms with E-state index in [9.17, 15) is 4.79 Å². The topological polar surface area (TPSA) is 66.9 Å². The maximum Gasteiger partial charge on any atom is 0.221 e. The molecule has 0 saturated heterocycles. The van der Waals surface area contributed by atoms with Crippen molar-refractivity contribution in [2.24, 2.45) is 0 Å². The maximum atomic E-state index is 11.1. The lowest BCUT2D eigenvalue weighted by atomic mass is 9.92. The van der Waals surface area contributed by atoms with Gasteiger partial charge in [-0.15, -0.1) is 0 Å². The number of nitrogens with one attached hydrogen (secondary N) is 2. The van der Waals surface area contributed by atoms with E-state index >= 15 is 0 Å². The predicted octanol–water partition coefficient (Wildman–Crippen LogP) is 3.75. The Balaban J connectivity index is 1.36. The van der Waals surface area contributed by atoms with Gasteiger partial charge in [-0.25, -0.2) is 9.97 Å². The molecule has 1 amide bonds. The number of amides is 1. The number of carbonyl (C=O) groups is 1. The molecule has 1 heterocycles. The van der Waals surface area contributed by atoms with E-state index in [1.165, 1.54) is 23.7 Å². The normalized spacial score (nSPS) is 15.7. The minimum absolute atomic E-state index is 0.0515. The van der Waals surface area contributed by atoms with Gasteiger partial charge in [-0.2, -0.15) is 0 Å². The lowest BCUT2D eigenvalue weighted by Gasteiger charge is -2.25. The second-order valence-corrected chi connectivity index (χ2v) is 7.23. The Morgan fingerprint density at radius 1 is 1.11 bits per heavy atom. The van der Waals surface area contributed by atoms with Crippen LogP contribution < -0.4 is 10.6 Å². The van der Waals surface area contributed by atoms with Crippen molar-refractivity contribution in [1.29, 1.82) is 0 Å². The van der Waals surface area contributed by atoms with Crippen LogP contribution >= 0.6 is 0 Å². The molecular formula is C23H24N4O. The van der Waals surface area contributed by atoms with Crippen molar-refractivity contribution < 1.29 is 4.79 Å². The smallest absolute Gasteiger partial charge is 0.221 e. The highest BCUT2D eigenvalue weighted by molar-refractivity contribution is 5.88. The number of rotatable bonds is 5. The summed E-state index contributed by atoms with van der Waals surface area (Å²) < 4.78 is 0. The van der Waals surface area contributed by atoms with Crippen LogP contribution in [0.15, 0.2) is 60.8 Å². The second kappa shape index (κ2) is 8.31. The molecule has 0 aliphatic heterocycles. The fraction of sp³-hybridized carbons (Fsp3) is 0.261. The van der Waals surface area contributed by atoms with Crippen LogP contribution in [-0.4, -0.2) is 21.9 Å².